The van der Waals surface area contributed by atoms with E-state index >= 15 is 0 Å². The lowest BCUT2D eigenvalue weighted by Gasteiger charge is -2.39. The molecule has 4 aliphatic rings. The van der Waals surface area contributed by atoms with Crippen LogP contribution in [0.2, 0.25) is 0 Å². The zero-order valence-electron chi connectivity index (χ0n) is 21.9. The van der Waals surface area contributed by atoms with Crippen molar-refractivity contribution in [1.29, 1.82) is 0 Å². The van der Waals surface area contributed by atoms with Crippen molar-refractivity contribution in [1.82, 2.24) is 10.6 Å². The molecule has 3 aliphatic carbocycles. The molecule has 0 spiro atoms. The van der Waals surface area contributed by atoms with Gasteiger partial charge in [-0.05, 0) is 90.6 Å². The van der Waals surface area contributed by atoms with Gasteiger partial charge < -0.3 is 16.0 Å². The Morgan fingerprint density at radius 1 is 1.03 bits per heavy atom. The van der Waals surface area contributed by atoms with Crippen LogP contribution in [0, 0.1) is 22.6 Å². The zero-order chi connectivity index (χ0) is 26.7. The first kappa shape index (κ1) is 24.6. The highest BCUT2D eigenvalue weighted by atomic mass is 19.1. The molecule has 1 heterocycles. The molecule has 2 amide bonds. The van der Waals surface area contributed by atoms with Crippen LogP contribution in [0.15, 0.2) is 77.3 Å². The van der Waals surface area contributed by atoms with Gasteiger partial charge in [0, 0.05) is 28.4 Å². The molecule has 0 saturated heterocycles. The normalized spacial score (nSPS) is 30.2. The van der Waals surface area contributed by atoms with Crippen molar-refractivity contribution < 1.29 is 14.0 Å². The molecule has 5 unspecified atom stereocenters. The number of nitrogens with zero attached hydrogens (tertiary/aromatic N) is 1. The summed E-state index contributed by atoms with van der Waals surface area (Å²) < 4.78 is 13.1. The molecule has 3 N–H and O–H groups in total. The van der Waals surface area contributed by atoms with Gasteiger partial charge in [-0.25, -0.2) is 4.39 Å². The summed E-state index contributed by atoms with van der Waals surface area (Å²) in [5, 5.41) is 9.63. The summed E-state index contributed by atoms with van der Waals surface area (Å²) in [6.45, 7) is 7.05. The van der Waals surface area contributed by atoms with Gasteiger partial charge in [0.25, 0.3) is 11.8 Å². The van der Waals surface area contributed by atoms with Gasteiger partial charge in [-0.1, -0.05) is 32.9 Å². The van der Waals surface area contributed by atoms with E-state index < -0.39 is 0 Å². The van der Waals surface area contributed by atoms with E-state index in [1.54, 1.807) is 0 Å². The topological polar surface area (TPSA) is 82.6 Å². The van der Waals surface area contributed by atoms with E-state index in [1.165, 1.54) is 37.1 Å². The third kappa shape index (κ3) is 4.05. The van der Waals surface area contributed by atoms with Crippen LogP contribution in [0.5, 0.6) is 0 Å². The minimum absolute atomic E-state index is 0.00854. The predicted octanol–water partition coefficient (Wildman–Crippen LogP) is 4.99. The van der Waals surface area contributed by atoms with Gasteiger partial charge in [0.05, 0.1) is 12.1 Å². The summed E-state index contributed by atoms with van der Waals surface area (Å²) in [7, 11) is 0. The van der Waals surface area contributed by atoms with Crippen LogP contribution in [0.25, 0.3) is 0 Å². The predicted molar refractivity (Wildman–Crippen MR) is 146 cm³/mol. The van der Waals surface area contributed by atoms with E-state index in [0.29, 0.717) is 22.7 Å². The van der Waals surface area contributed by atoms with E-state index in [1.807, 2.05) is 42.5 Å². The summed E-state index contributed by atoms with van der Waals surface area (Å²) in [5.74, 6) is 0.733. The number of carbonyl (C=O) groups is 2. The number of amides is 2. The number of hydrogen-bond acceptors (Lipinski definition) is 4. The summed E-state index contributed by atoms with van der Waals surface area (Å²) >= 11 is 0. The number of aliphatic imine (C=N–C) groups is 1. The first-order valence-electron chi connectivity index (χ1n) is 13.4. The fraction of sp³-hybridized carbons (Fsp3) is 0.387. The van der Waals surface area contributed by atoms with E-state index in [2.05, 4.69) is 36.7 Å². The average Bonchev–Trinajstić information content (AvgIpc) is 3.48. The Morgan fingerprint density at radius 3 is 2.42 bits per heavy atom. The molecule has 6 nitrogen and oxygen atoms in total. The minimum atomic E-state index is -0.382. The Labute approximate surface area is 222 Å². The second-order valence-corrected chi connectivity index (χ2v) is 11.8. The third-order valence-electron chi connectivity index (χ3n) is 9.67. The summed E-state index contributed by atoms with van der Waals surface area (Å²) in [5.41, 5.74) is 2.99. The molecule has 5 atom stereocenters. The van der Waals surface area contributed by atoms with Crippen LogP contribution < -0.4 is 16.0 Å². The Kier molecular flexibility index (Phi) is 5.78. The van der Waals surface area contributed by atoms with Crippen LogP contribution in [0.4, 0.5) is 10.1 Å². The molecule has 1 aliphatic heterocycles. The molecule has 0 aromatic heterocycles. The number of rotatable bonds is 5. The molecule has 2 fully saturated rings. The van der Waals surface area contributed by atoms with Crippen molar-refractivity contribution in [3.05, 3.63) is 89.3 Å². The smallest absolute Gasteiger partial charge is 0.255 e. The van der Waals surface area contributed by atoms with Gasteiger partial charge in [0.1, 0.15) is 11.7 Å². The first-order valence-corrected chi connectivity index (χ1v) is 13.4. The molecule has 0 radical (unpaired) electrons. The molecular weight excluding hydrogens is 479 g/mol. The van der Waals surface area contributed by atoms with Crippen molar-refractivity contribution in [2.24, 2.45) is 21.7 Å². The maximum Gasteiger partial charge on any atom is 0.255 e. The van der Waals surface area contributed by atoms with E-state index in [9.17, 15) is 14.0 Å². The van der Waals surface area contributed by atoms with Crippen molar-refractivity contribution in [2.45, 2.75) is 58.2 Å². The number of nitrogens with one attached hydrogen (secondary N) is 3. The molecule has 6 rings (SSSR count). The second kappa shape index (κ2) is 8.93. The maximum absolute atomic E-state index is 13.2. The fourth-order valence-electron chi connectivity index (χ4n) is 6.75. The first-order chi connectivity index (χ1) is 18.1. The fourth-order valence-corrected chi connectivity index (χ4v) is 6.75. The van der Waals surface area contributed by atoms with Gasteiger partial charge in [-0.2, -0.15) is 0 Å². The number of hydrogen-bond donors (Lipinski definition) is 3. The minimum Gasteiger partial charge on any atom is -0.361 e. The number of halogens is 1. The lowest BCUT2D eigenvalue weighted by Crippen LogP contribution is -2.47. The van der Waals surface area contributed by atoms with E-state index in [4.69, 9.17) is 4.99 Å². The zero-order valence-corrected chi connectivity index (χ0v) is 21.9. The quantitative estimate of drug-likeness (QED) is 0.528. The lowest BCUT2D eigenvalue weighted by molar-refractivity contribution is -0.118. The highest BCUT2D eigenvalue weighted by Gasteiger charge is 2.61. The van der Waals surface area contributed by atoms with Crippen LogP contribution in [0.1, 0.15) is 56.0 Å². The van der Waals surface area contributed by atoms with Crippen molar-refractivity contribution in [2.75, 3.05) is 5.32 Å². The van der Waals surface area contributed by atoms with Gasteiger partial charge in [0.2, 0.25) is 0 Å². The van der Waals surface area contributed by atoms with E-state index in [0.717, 1.165) is 17.8 Å². The number of benzene rings is 2. The third-order valence-corrected chi connectivity index (χ3v) is 9.67. The molecule has 7 heteroatoms. The highest BCUT2D eigenvalue weighted by molar-refractivity contribution is 6.05. The number of amidine groups is 1. The molecule has 2 aromatic rings. The van der Waals surface area contributed by atoms with Gasteiger partial charge in [-0.15, -0.1) is 0 Å². The highest BCUT2D eigenvalue weighted by Crippen LogP contribution is 2.65. The number of fused-ring (bicyclic) bond motifs is 3. The summed E-state index contributed by atoms with van der Waals surface area (Å²) in [4.78, 5) is 30.4. The second-order valence-electron chi connectivity index (χ2n) is 11.8. The van der Waals surface area contributed by atoms with Crippen molar-refractivity contribution in [3.63, 3.8) is 0 Å². The molecular formula is C31H33FN4O2. The molecule has 38 heavy (non-hydrogen) atoms. The summed E-state index contributed by atoms with van der Waals surface area (Å²) in [6, 6.07) is 12.9. The Bertz CT molecular complexity index is 1380. The van der Waals surface area contributed by atoms with Crippen LogP contribution in [0.3, 0.4) is 0 Å². The van der Waals surface area contributed by atoms with E-state index in [-0.39, 0.29) is 46.6 Å². The van der Waals surface area contributed by atoms with Crippen LogP contribution in [-0.2, 0) is 4.79 Å². The maximum atomic E-state index is 13.2. The van der Waals surface area contributed by atoms with Crippen LogP contribution >= 0.6 is 0 Å². The van der Waals surface area contributed by atoms with Crippen molar-refractivity contribution >= 4 is 23.3 Å². The Balaban J connectivity index is 1.08. The monoisotopic (exact) mass is 512 g/mol. The average molecular weight is 513 g/mol. The lowest BCUT2D eigenvalue weighted by atomic mass is 9.69. The number of anilines is 1. The summed E-state index contributed by atoms with van der Waals surface area (Å²) in [6.07, 6.45) is 9.35. The molecule has 2 saturated carbocycles. The Morgan fingerprint density at radius 2 is 1.76 bits per heavy atom. The van der Waals surface area contributed by atoms with Crippen LogP contribution in [-0.4, -0.2) is 35.8 Å². The number of carbonyl (C=O) groups excluding carboxylic acids is 2. The SMILES string of the molecule is CC1(C)C2CCC1(C)C(NC(=O)C1=CC3NC(c4ccc(NC(=O)c5ccc(F)cc5)cc4)=NC3C=C1)C2. The van der Waals surface area contributed by atoms with Gasteiger partial charge in [-0.3, -0.25) is 14.6 Å². The molecule has 2 bridgehead atoms. The largest absolute Gasteiger partial charge is 0.361 e. The standard InChI is InChI=1S/C31H33FN4O2/c1-30(2)21-14-15-31(30,3)26(17-21)36-29(38)20-8-13-24-25(16-20)35-27(34-24)18-6-11-23(12-7-18)33-28(37)19-4-9-22(32)10-5-19/h4-13,16,21,24-26H,14-15,17H2,1-3H3,(H,33,37)(H,34,35)(H,36,38). The molecule has 2 aromatic carbocycles. The molecule has 196 valence electrons. The van der Waals surface area contributed by atoms with Gasteiger partial charge >= 0.3 is 0 Å². The van der Waals surface area contributed by atoms with Gasteiger partial charge in [0.15, 0.2) is 0 Å². The Hall–Kier alpha value is -3.74. The van der Waals surface area contributed by atoms with Crippen molar-refractivity contribution in [3.8, 4) is 0 Å².